The van der Waals surface area contributed by atoms with Crippen LogP contribution in [0, 0.1) is 0 Å². The lowest BCUT2D eigenvalue weighted by molar-refractivity contribution is -0.0701. The molecule has 0 aliphatic carbocycles. The van der Waals surface area contributed by atoms with Crippen molar-refractivity contribution >= 4 is 24.8 Å². The fourth-order valence-electron chi connectivity index (χ4n) is 2.84. The van der Waals surface area contributed by atoms with Crippen LogP contribution in [0.15, 0.2) is 12.7 Å². The van der Waals surface area contributed by atoms with Crippen LogP contribution in [-0.2, 0) is 22.9 Å². The van der Waals surface area contributed by atoms with Gasteiger partial charge in [0.1, 0.15) is 30.2 Å². The highest BCUT2D eigenvalue weighted by atomic mass is 31.2. The van der Waals surface area contributed by atoms with Gasteiger partial charge in [0.25, 0.3) is 0 Å². The minimum absolute atomic E-state index is 0.0146. The van der Waals surface area contributed by atoms with E-state index < -0.39 is 32.4 Å². The highest BCUT2D eigenvalue weighted by molar-refractivity contribution is 7.48. The fourth-order valence-corrected chi connectivity index (χ4v) is 4.24. The Hall–Kier alpha value is -1.62. The molecule has 0 aromatic carbocycles. The maximum Gasteiger partial charge on any atom is 0.475 e. The zero-order chi connectivity index (χ0) is 16.9. The Morgan fingerprint density at radius 1 is 1.50 bits per heavy atom. The second-order valence-corrected chi connectivity index (χ2v) is 6.99. The van der Waals surface area contributed by atoms with E-state index in [4.69, 9.17) is 24.0 Å². The summed E-state index contributed by atoms with van der Waals surface area (Å²) in [6, 6.07) is 0. The molecule has 2 aliphatic rings. The maximum absolute atomic E-state index is 12.3. The maximum atomic E-state index is 12.3. The first kappa shape index (κ1) is 15.9. The van der Waals surface area contributed by atoms with Gasteiger partial charge in [0.05, 0.1) is 19.5 Å². The third-order valence-electron chi connectivity index (χ3n) is 3.91. The lowest BCUT2D eigenvalue weighted by Crippen LogP contribution is -2.39. The van der Waals surface area contributed by atoms with Crippen molar-refractivity contribution in [1.82, 2.24) is 19.5 Å². The van der Waals surface area contributed by atoms with Crippen molar-refractivity contribution in [2.45, 2.75) is 31.5 Å². The van der Waals surface area contributed by atoms with Gasteiger partial charge >= 0.3 is 7.82 Å². The summed E-state index contributed by atoms with van der Waals surface area (Å²) in [5.74, 6) is 0.226. The van der Waals surface area contributed by atoms with Crippen LogP contribution in [0.3, 0.4) is 0 Å². The summed E-state index contributed by atoms with van der Waals surface area (Å²) in [4.78, 5) is 12.1. The number of aliphatic hydroxyl groups excluding tert-OH is 1. The highest BCUT2D eigenvalue weighted by Crippen LogP contribution is 2.56. The van der Waals surface area contributed by atoms with Crippen LogP contribution in [0.25, 0.3) is 11.2 Å². The standard InChI is InChI=1S/C12H16N5O6P/c1-2-20-24(19)21-3-6-9(23-24)8(18)12(22-6)17-5-16-7-10(13)14-4-15-11(7)17/h4-6,8-9,12,18H,2-3H2,1H3,(H2,13,14,15)/t6-,8+,9-,12-,24+/m1/s1. The quantitative estimate of drug-likeness (QED) is 0.732. The molecule has 2 aromatic rings. The Balaban J connectivity index is 1.64. The molecular formula is C12H16N5O6P. The molecule has 0 spiro atoms. The van der Waals surface area contributed by atoms with Crippen LogP contribution in [0.4, 0.5) is 5.82 Å². The van der Waals surface area contributed by atoms with E-state index in [9.17, 15) is 9.67 Å². The van der Waals surface area contributed by atoms with E-state index in [1.165, 1.54) is 17.2 Å². The van der Waals surface area contributed by atoms with Gasteiger partial charge in [0.15, 0.2) is 17.7 Å². The van der Waals surface area contributed by atoms with Gasteiger partial charge in [-0.05, 0) is 6.92 Å². The molecule has 4 heterocycles. The predicted octanol–water partition coefficient (Wildman–Crippen LogP) is 0.227. The van der Waals surface area contributed by atoms with Crippen molar-refractivity contribution < 1.29 is 28.0 Å². The van der Waals surface area contributed by atoms with Crippen LogP contribution in [0.5, 0.6) is 0 Å². The summed E-state index contributed by atoms with van der Waals surface area (Å²) in [5, 5.41) is 10.6. The van der Waals surface area contributed by atoms with Gasteiger partial charge in [-0.1, -0.05) is 0 Å². The van der Waals surface area contributed by atoms with Gasteiger partial charge in [0.2, 0.25) is 0 Å². The predicted molar refractivity (Wildman–Crippen MR) is 79.7 cm³/mol. The van der Waals surface area contributed by atoms with Gasteiger partial charge in [-0.15, -0.1) is 0 Å². The van der Waals surface area contributed by atoms with Gasteiger partial charge in [-0.2, -0.15) is 0 Å². The van der Waals surface area contributed by atoms with E-state index in [2.05, 4.69) is 15.0 Å². The van der Waals surface area contributed by atoms with Crippen LogP contribution < -0.4 is 5.73 Å². The molecule has 24 heavy (non-hydrogen) atoms. The number of imidazole rings is 1. The molecule has 130 valence electrons. The first-order chi connectivity index (χ1) is 11.5. The van der Waals surface area contributed by atoms with Crippen molar-refractivity contribution in [3.05, 3.63) is 12.7 Å². The number of phosphoric acid groups is 1. The van der Waals surface area contributed by atoms with E-state index in [1.807, 2.05) is 0 Å². The molecule has 5 atom stereocenters. The second kappa shape index (κ2) is 5.73. The molecule has 0 saturated carbocycles. The topological polar surface area (TPSA) is 144 Å². The minimum Gasteiger partial charge on any atom is -0.386 e. The molecule has 2 fully saturated rings. The smallest absolute Gasteiger partial charge is 0.386 e. The summed E-state index contributed by atoms with van der Waals surface area (Å²) < 4.78 is 35.1. The third kappa shape index (κ3) is 2.41. The van der Waals surface area contributed by atoms with Crippen molar-refractivity contribution in [2.24, 2.45) is 0 Å². The molecule has 2 aromatic heterocycles. The number of nitrogens with zero attached hydrogens (tertiary/aromatic N) is 4. The van der Waals surface area contributed by atoms with Crippen molar-refractivity contribution in [3.8, 4) is 0 Å². The molecule has 2 aliphatic heterocycles. The number of hydrogen-bond donors (Lipinski definition) is 2. The van der Waals surface area contributed by atoms with Crippen molar-refractivity contribution in [2.75, 3.05) is 18.9 Å². The number of anilines is 1. The number of aliphatic hydroxyl groups is 1. The number of ether oxygens (including phenoxy) is 1. The van der Waals surface area contributed by atoms with Crippen LogP contribution in [0.1, 0.15) is 13.2 Å². The van der Waals surface area contributed by atoms with Crippen LogP contribution in [0.2, 0.25) is 0 Å². The molecule has 0 bridgehead atoms. The SMILES string of the molecule is CCO[P@@]1(=O)OC[C@H]2O[C@@H](n3cnc4c(N)ncnc43)[C@@H](O)[C@@H]2O1. The lowest BCUT2D eigenvalue weighted by atomic mass is 10.1. The highest BCUT2D eigenvalue weighted by Gasteiger charge is 2.53. The Bertz CT molecular complexity index is 814. The number of nitrogen functional groups attached to an aromatic ring is 1. The molecule has 11 nitrogen and oxygen atoms in total. The van der Waals surface area contributed by atoms with E-state index in [0.29, 0.717) is 11.2 Å². The second-order valence-electron chi connectivity index (χ2n) is 5.37. The van der Waals surface area contributed by atoms with Crippen molar-refractivity contribution in [3.63, 3.8) is 0 Å². The van der Waals surface area contributed by atoms with E-state index in [0.717, 1.165) is 0 Å². The number of aromatic nitrogens is 4. The zero-order valence-corrected chi connectivity index (χ0v) is 13.6. The molecule has 12 heteroatoms. The first-order valence-corrected chi connectivity index (χ1v) is 8.82. The number of phosphoric ester groups is 1. The lowest BCUT2D eigenvalue weighted by Gasteiger charge is -2.30. The number of hydrogen-bond acceptors (Lipinski definition) is 10. The molecule has 3 N–H and O–H groups in total. The van der Waals surface area contributed by atoms with Gasteiger partial charge in [-0.25, -0.2) is 19.5 Å². The van der Waals surface area contributed by atoms with Gasteiger partial charge < -0.3 is 15.6 Å². The summed E-state index contributed by atoms with van der Waals surface area (Å²) in [6.07, 6.45) is -0.642. The third-order valence-corrected chi connectivity index (χ3v) is 5.45. The van der Waals surface area contributed by atoms with Gasteiger partial charge in [-0.3, -0.25) is 18.1 Å². The van der Waals surface area contributed by atoms with E-state index in [-0.39, 0.29) is 19.0 Å². The van der Waals surface area contributed by atoms with Crippen LogP contribution >= 0.6 is 7.82 Å². The number of fused-ring (bicyclic) bond motifs is 2. The Morgan fingerprint density at radius 3 is 3.12 bits per heavy atom. The summed E-state index contributed by atoms with van der Waals surface area (Å²) >= 11 is 0. The summed E-state index contributed by atoms with van der Waals surface area (Å²) in [5.41, 5.74) is 6.58. The van der Waals surface area contributed by atoms with E-state index in [1.54, 1.807) is 6.92 Å². The minimum atomic E-state index is -3.69. The zero-order valence-electron chi connectivity index (χ0n) is 12.7. The van der Waals surface area contributed by atoms with E-state index >= 15 is 0 Å². The van der Waals surface area contributed by atoms with Gasteiger partial charge in [0, 0.05) is 0 Å². The molecule has 0 radical (unpaired) electrons. The normalized spacial score (nSPS) is 36.1. The largest absolute Gasteiger partial charge is 0.475 e. The van der Waals surface area contributed by atoms with Crippen molar-refractivity contribution in [1.29, 1.82) is 0 Å². The molecular weight excluding hydrogens is 341 g/mol. The Labute approximate surface area is 136 Å². The molecule has 2 saturated heterocycles. The average molecular weight is 357 g/mol. The first-order valence-electron chi connectivity index (χ1n) is 7.36. The Morgan fingerprint density at radius 2 is 2.33 bits per heavy atom. The monoisotopic (exact) mass is 357 g/mol. The van der Waals surface area contributed by atoms with Crippen LogP contribution in [-0.4, -0.2) is 56.2 Å². The molecule has 4 rings (SSSR count). The summed E-state index contributed by atoms with van der Waals surface area (Å²) in [6.45, 7) is 1.82. The number of rotatable bonds is 3. The fraction of sp³-hybridized carbons (Fsp3) is 0.583. The Kier molecular flexibility index (Phi) is 3.79. The average Bonchev–Trinajstić information content (AvgIpc) is 3.10. The molecule has 0 amide bonds. The number of nitrogens with two attached hydrogens (primary N) is 1. The molecule has 0 unspecified atom stereocenters. The summed E-state index contributed by atoms with van der Waals surface area (Å²) in [7, 11) is -3.69.